The second kappa shape index (κ2) is 6.35. The van der Waals surface area contributed by atoms with Crippen molar-refractivity contribution in [2.75, 3.05) is 19.8 Å². The van der Waals surface area contributed by atoms with Gasteiger partial charge in [0.1, 0.15) is 0 Å². The van der Waals surface area contributed by atoms with Gasteiger partial charge in [-0.15, -0.1) is 0 Å². The molecular formula is C10H21NO2. The Balaban J connectivity index is 1.96. The normalized spacial score (nSPS) is 29.1. The van der Waals surface area contributed by atoms with Crippen molar-refractivity contribution in [2.24, 2.45) is 5.73 Å². The van der Waals surface area contributed by atoms with Gasteiger partial charge in [-0.3, -0.25) is 0 Å². The van der Waals surface area contributed by atoms with Crippen LogP contribution in [0.5, 0.6) is 0 Å². The molecule has 0 aliphatic heterocycles. The maximum atomic E-state index is 5.79. The van der Waals surface area contributed by atoms with Gasteiger partial charge < -0.3 is 15.2 Å². The van der Waals surface area contributed by atoms with E-state index in [0.717, 1.165) is 45.5 Å². The van der Waals surface area contributed by atoms with Crippen molar-refractivity contribution >= 4 is 0 Å². The third-order valence-electron chi connectivity index (χ3n) is 2.50. The Morgan fingerprint density at radius 1 is 1.15 bits per heavy atom. The van der Waals surface area contributed by atoms with E-state index in [1.807, 2.05) is 6.92 Å². The lowest BCUT2D eigenvalue weighted by Crippen LogP contribution is -2.30. The van der Waals surface area contributed by atoms with Crippen LogP contribution in [0, 0.1) is 0 Å². The van der Waals surface area contributed by atoms with E-state index in [4.69, 9.17) is 15.2 Å². The van der Waals surface area contributed by atoms with Crippen LogP contribution in [0.15, 0.2) is 0 Å². The number of nitrogens with two attached hydrogens (primary N) is 1. The summed E-state index contributed by atoms with van der Waals surface area (Å²) in [6.45, 7) is 4.23. The van der Waals surface area contributed by atoms with Crippen LogP contribution in [0.25, 0.3) is 0 Å². The minimum atomic E-state index is 0.409. The summed E-state index contributed by atoms with van der Waals surface area (Å²) < 4.78 is 10.8. The fourth-order valence-corrected chi connectivity index (χ4v) is 1.67. The average molecular weight is 187 g/mol. The maximum Gasteiger partial charge on any atom is 0.0704 e. The highest BCUT2D eigenvalue weighted by Crippen LogP contribution is 2.19. The van der Waals surface area contributed by atoms with Crippen molar-refractivity contribution in [3.8, 4) is 0 Å². The number of hydrogen-bond acceptors (Lipinski definition) is 3. The van der Waals surface area contributed by atoms with Gasteiger partial charge in [-0.1, -0.05) is 0 Å². The molecule has 0 aromatic carbocycles. The van der Waals surface area contributed by atoms with Crippen molar-refractivity contribution in [3.63, 3.8) is 0 Å². The molecule has 0 amide bonds. The zero-order valence-electron chi connectivity index (χ0n) is 8.50. The molecule has 1 aliphatic carbocycles. The highest BCUT2D eigenvalue weighted by molar-refractivity contribution is 4.74. The van der Waals surface area contributed by atoms with Gasteiger partial charge in [-0.05, 0) is 32.6 Å². The topological polar surface area (TPSA) is 44.5 Å². The van der Waals surface area contributed by atoms with Gasteiger partial charge >= 0.3 is 0 Å². The Hall–Kier alpha value is -0.120. The van der Waals surface area contributed by atoms with E-state index in [-0.39, 0.29) is 0 Å². The van der Waals surface area contributed by atoms with Gasteiger partial charge in [-0.2, -0.15) is 0 Å². The number of ether oxygens (including phenoxy) is 2. The molecule has 0 unspecified atom stereocenters. The fraction of sp³-hybridized carbons (Fsp3) is 1.00. The Morgan fingerprint density at radius 2 is 1.85 bits per heavy atom. The van der Waals surface area contributed by atoms with Crippen LogP contribution in [0.3, 0.4) is 0 Å². The number of hydrogen-bond donors (Lipinski definition) is 1. The Labute approximate surface area is 80.6 Å². The Kier molecular flexibility index (Phi) is 5.35. The molecule has 78 valence electrons. The fourth-order valence-electron chi connectivity index (χ4n) is 1.67. The van der Waals surface area contributed by atoms with Gasteiger partial charge in [0.05, 0.1) is 19.3 Å². The predicted molar refractivity (Wildman–Crippen MR) is 52.7 cm³/mol. The molecule has 1 saturated carbocycles. The second-order valence-electron chi connectivity index (χ2n) is 3.60. The molecule has 0 aromatic heterocycles. The monoisotopic (exact) mass is 187 g/mol. The Bertz CT molecular complexity index is 122. The largest absolute Gasteiger partial charge is 0.379 e. The summed E-state index contributed by atoms with van der Waals surface area (Å²) in [5.74, 6) is 0. The van der Waals surface area contributed by atoms with E-state index >= 15 is 0 Å². The summed E-state index contributed by atoms with van der Waals surface area (Å²) in [6.07, 6.45) is 4.89. The molecule has 2 N–H and O–H groups in total. The quantitative estimate of drug-likeness (QED) is 0.660. The molecule has 13 heavy (non-hydrogen) atoms. The molecule has 0 heterocycles. The molecule has 0 aromatic rings. The lowest BCUT2D eigenvalue weighted by atomic mass is 9.94. The van der Waals surface area contributed by atoms with E-state index in [1.54, 1.807) is 0 Å². The van der Waals surface area contributed by atoms with Crippen molar-refractivity contribution < 1.29 is 9.47 Å². The van der Waals surface area contributed by atoms with E-state index < -0.39 is 0 Å². The summed E-state index contributed by atoms with van der Waals surface area (Å²) in [4.78, 5) is 0. The van der Waals surface area contributed by atoms with Crippen molar-refractivity contribution in [1.29, 1.82) is 0 Å². The SMILES string of the molecule is CCOCCO[C@H]1CC[C@H](N)CC1. The summed E-state index contributed by atoms with van der Waals surface area (Å²) in [7, 11) is 0. The first-order valence-corrected chi connectivity index (χ1v) is 5.28. The molecule has 0 atom stereocenters. The molecule has 1 aliphatic rings. The molecule has 1 rings (SSSR count). The van der Waals surface area contributed by atoms with Gasteiger partial charge in [-0.25, -0.2) is 0 Å². The van der Waals surface area contributed by atoms with Gasteiger partial charge in [0.25, 0.3) is 0 Å². The van der Waals surface area contributed by atoms with E-state index in [2.05, 4.69) is 0 Å². The van der Waals surface area contributed by atoms with Crippen LogP contribution in [-0.2, 0) is 9.47 Å². The predicted octanol–water partition coefficient (Wildman–Crippen LogP) is 1.31. The molecular weight excluding hydrogens is 166 g/mol. The van der Waals surface area contributed by atoms with E-state index in [1.165, 1.54) is 0 Å². The lowest BCUT2D eigenvalue weighted by molar-refractivity contribution is -0.00986. The van der Waals surface area contributed by atoms with E-state index in [9.17, 15) is 0 Å². The van der Waals surface area contributed by atoms with Gasteiger partial charge in [0.2, 0.25) is 0 Å². The van der Waals surface area contributed by atoms with Crippen LogP contribution in [-0.4, -0.2) is 32.0 Å². The average Bonchev–Trinajstić information content (AvgIpc) is 2.15. The number of rotatable bonds is 5. The minimum absolute atomic E-state index is 0.409. The molecule has 0 bridgehead atoms. The van der Waals surface area contributed by atoms with Crippen LogP contribution in [0.1, 0.15) is 32.6 Å². The zero-order valence-corrected chi connectivity index (χ0v) is 8.50. The highest BCUT2D eigenvalue weighted by atomic mass is 16.5. The first-order valence-electron chi connectivity index (χ1n) is 5.28. The van der Waals surface area contributed by atoms with Crippen molar-refractivity contribution in [3.05, 3.63) is 0 Å². The van der Waals surface area contributed by atoms with Gasteiger partial charge in [0, 0.05) is 12.6 Å². The molecule has 1 fully saturated rings. The third-order valence-corrected chi connectivity index (χ3v) is 2.50. The summed E-state index contributed by atoms with van der Waals surface area (Å²) in [5, 5.41) is 0. The standard InChI is InChI=1S/C10H21NO2/c1-2-12-7-8-13-10-5-3-9(11)4-6-10/h9-10H,2-8,11H2,1H3/t9-,10-. The smallest absolute Gasteiger partial charge is 0.0704 e. The third kappa shape index (κ3) is 4.60. The minimum Gasteiger partial charge on any atom is -0.379 e. The van der Waals surface area contributed by atoms with Crippen LogP contribution in [0.4, 0.5) is 0 Å². The van der Waals surface area contributed by atoms with E-state index in [0.29, 0.717) is 12.1 Å². The summed E-state index contributed by atoms with van der Waals surface area (Å²) in [5.41, 5.74) is 5.79. The summed E-state index contributed by atoms with van der Waals surface area (Å²) in [6, 6.07) is 0.409. The molecule has 3 nitrogen and oxygen atoms in total. The van der Waals surface area contributed by atoms with Gasteiger partial charge in [0.15, 0.2) is 0 Å². The lowest BCUT2D eigenvalue weighted by Gasteiger charge is -2.26. The highest BCUT2D eigenvalue weighted by Gasteiger charge is 2.18. The second-order valence-corrected chi connectivity index (χ2v) is 3.60. The van der Waals surface area contributed by atoms with Crippen LogP contribution >= 0.6 is 0 Å². The summed E-state index contributed by atoms with van der Waals surface area (Å²) >= 11 is 0. The molecule has 3 heteroatoms. The first-order chi connectivity index (χ1) is 6.33. The van der Waals surface area contributed by atoms with Crippen molar-refractivity contribution in [2.45, 2.75) is 44.8 Å². The first kappa shape index (κ1) is 11.0. The molecule has 0 radical (unpaired) electrons. The molecule has 0 saturated heterocycles. The molecule has 0 spiro atoms. The maximum absolute atomic E-state index is 5.79. The Morgan fingerprint density at radius 3 is 2.46 bits per heavy atom. The van der Waals surface area contributed by atoms with Crippen LogP contribution < -0.4 is 5.73 Å². The van der Waals surface area contributed by atoms with Crippen molar-refractivity contribution in [1.82, 2.24) is 0 Å². The zero-order chi connectivity index (χ0) is 9.52. The van der Waals surface area contributed by atoms with Crippen LogP contribution in [0.2, 0.25) is 0 Å².